The number of carbonyl (C=O) groups excluding carboxylic acids is 1. The van der Waals surface area contributed by atoms with Gasteiger partial charge in [0.25, 0.3) is 0 Å². The van der Waals surface area contributed by atoms with Gasteiger partial charge in [0, 0.05) is 17.8 Å². The zero-order valence-electron chi connectivity index (χ0n) is 14.9. The van der Waals surface area contributed by atoms with Crippen LogP contribution in [0.25, 0.3) is 0 Å². The van der Waals surface area contributed by atoms with Crippen molar-refractivity contribution in [3.63, 3.8) is 0 Å². The van der Waals surface area contributed by atoms with Crippen LogP contribution in [0, 0.1) is 13.8 Å². The second-order valence-electron chi connectivity index (χ2n) is 6.65. The highest BCUT2D eigenvalue weighted by molar-refractivity contribution is 5.97. The van der Waals surface area contributed by atoms with Gasteiger partial charge in [0.05, 0.1) is 17.7 Å². The minimum absolute atomic E-state index is 0.0960. The molecule has 0 fully saturated rings. The Balaban J connectivity index is 1.72. The zero-order chi connectivity index (χ0) is 18.0. The lowest BCUT2D eigenvalue weighted by molar-refractivity contribution is -0.120. The minimum atomic E-state index is -0.646. The van der Waals surface area contributed by atoms with E-state index in [0.717, 1.165) is 22.6 Å². The Morgan fingerprint density at radius 1 is 1.20 bits per heavy atom. The van der Waals surface area contributed by atoms with E-state index in [9.17, 15) is 4.79 Å². The molecule has 0 aliphatic rings. The van der Waals surface area contributed by atoms with E-state index in [-0.39, 0.29) is 5.91 Å². The number of hydrogen-bond donors (Lipinski definition) is 1. The van der Waals surface area contributed by atoms with Crippen molar-refractivity contribution >= 4 is 11.7 Å². The largest absolute Gasteiger partial charge is 0.361 e. The summed E-state index contributed by atoms with van der Waals surface area (Å²) in [4.78, 5) is 12.7. The Hall–Kier alpha value is -2.89. The molecule has 0 radical (unpaired) electrons. The monoisotopic (exact) mass is 338 g/mol. The van der Waals surface area contributed by atoms with Crippen LogP contribution in [0.1, 0.15) is 36.4 Å². The fourth-order valence-electron chi connectivity index (χ4n) is 2.66. The van der Waals surface area contributed by atoms with Crippen LogP contribution in [-0.2, 0) is 16.8 Å². The molecule has 1 aromatic carbocycles. The first-order valence-electron chi connectivity index (χ1n) is 8.20. The molecule has 130 valence electrons. The van der Waals surface area contributed by atoms with Crippen molar-refractivity contribution in [2.24, 2.45) is 0 Å². The summed E-state index contributed by atoms with van der Waals surface area (Å²) in [5, 5.41) is 11.3. The van der Waals surface area contributed by atoms with Gasteiger partial charge >= 0.3 is 0 Å². The number of anilines is 1. The van der Waals surface area contributed by atoms with Crippen molar-refractivity contribution in [1.29, 1.82) is 0 Å². The van der Waals surface area contributed by atoms with Crippen molar-refractivity contribution in [2.75, 3.05) is 5.32 Å². The summed E-state index contributed by atoms with van der Waals surface area (Å²) >= 11 is 0. The van der Waals surface area contributed by atoms with Gasteiger partial charge in [-0.15, -0.1) is 0 Å². The van der Waals surface area contributed by atoms with Gasteiger partial charge in [-0.2, -0.15) is 5.10 Å². The van der Waals surface area contributed by atoms with Gasteiger partial charge in [0.1, 0.15) is 5.76 Å². The summed E-state index contributed by atoms with van der Waals surface area (Å²) in [7, 11) is 0. The SMILES string of the molecule is Cc1noc(C)c1Cn1ccc(NC(=O)C(C)(C)c2ccccc2)n1. The number of hydrogen-bond acceptors (Lipinski definition) is 4. The molecule has 3 rings (SSSR count). The molecule has 1 N–H and O–H groups in total. The lowest BCUT2D eigenvalue weighted by atomic mass is 9.84. The Morgan fingerprint density at radius 3 is 2.56 bits per heavy atom. The second-order valence-corrected chi connectivity index (χ2v) is 6.65. The Morgan fingerprint density at radius 2 is 1.92 bits per heavy atom. The first-order chi connectivity index (χ1) is 11.9. The summed E-state index contributed by atoms with van der Waals surface area (Å²) in [6.07, 6.45) is 1.83. The highest BCUT2D eigenvalue weighted by Crippen LogP contribution is 2.24. The van der Waals surface area contributed by atoms with Crippen LogP contribution in [-0.4, -0.2) is 20.8 Å². The molecule has 2 aromatic heterocycles. The summed E-state index contributed by atoms with van der Waals surface area (Å²) in [6.45, 7) is 8.14. The Bertz CT molecular complexity index is 858. The van der Waals surface area contributed by atoms with E-state index in [1.54, 1.807) is 10.7 Å². The molecule has 1 amide bonds. The van der Waals surface area contributed by atoms with E-state index in [1.165, 1.54) is 0 Å². The number of carbonyl (C=O) groups is 1. The maximum atomic E-state index is 12.7. The molecule has 0 unspecified atom stereocenters. The van der Waals surface area contributed by atoms with E-state index in [4.69, 9.17) is 4.52 Å². The van der Waals surface area contributed by atoms with E-state index >= 15 is 0 Å². The summed E-state index contributed by atoms with van der Waals surface area (Å²) in [5.41, 5.74) is 2.17. The summed E-state index contributed by atoms with van der Waals surface area (Å²) < 4.78 is 6.93. The molecule has 0 aliphatic heterocycles. The van der Waals surface area contributed by atoms with Crippen molar-refractivity contribution in [3.8, 4) is 0 Å². The molecule has 0 aliphatic carbocycles. The minimum Gasteiger partial charge on any atom is -0.361 e. The first-order valence-corrected chi connectivity index (χ1v) is 8.20. The molecule has 0 saturated carbocycles. The van der Waals surface area contributed by atoms with Crippen LogP contribution < -0.4 is 5.32 Å². The van der Waals surface area contributed by atoms with E-state index in [2.05, 4.69) is 15.6 Å². The van der Waals surface area contributed by atoms with Crippen LogP contribution in [0.5, 0.6) is 0 Å². The lowest BCUT2D eigenvalue weighted by Crippen LogP contribution is -2.34. The van der Waals surface area contributed by atoms with Gasteiger partial charge in [0.15, 0.2) is 5.82 Å². The molecule has 2 heterocycles. The number of nitrogens with one attached hydrogen (secondary N) is 1. The van der Waals surface area contributed by atoms with Gasteiger partial charge in [-0.1, -0.05) is 35.5 Å². The highest BCUT2D eigenvalue weighted by Gasteiger charge is 2.30. The molecule has 3 aromatic rings. The molecular formula is C19H22N4O2. The third-order valence-electron chi connectivity index (χ3n) is 4.45. The number of aromatic nitrogens is 3. The average Bonchev–Trinajstić information content (AvgIpc) is 3.17. The molecule has 0 spiro atoms. The fourth-order valence-corrected chi connectivity index (χ4v) is 2.66. The molecule has 0 saturated heterocycles. The van der Waals surface area contributed by atoms with Crippen LogP contribution in [0.3, 0.4) is 0 Å². The third-order valence-corrected chi connectivity index (χ3v) is 4.45. The standard InChI is InChI=1S/C19H22N4O2/c1-13-16(14(2)25-22-13)12-23-11-10-17(21-23)20-18(24)19(3,4)15-8-6-5-7-9-15/h5-11H,12H2,1-4H3,(H,20,21,24). The summed E-state index contributed by atoms with van der Waals surface area (Å²) in [5.74, 6) is 1.21. The number of nitrogens with zero attached hydrogens (tertiary/aromatic N) is 3. The predicted octanol–water partition coefficient (Wildman–Crippen LogP) is 3.45. The maximum Gasteiger partial charge on any atom is 0.235 e. The van der Waals surface area contributed by atoms with Crippen molar-refractivity contribution in [2.45, 2.75) is 39.7 Å². The lowest BCUT2D eigenvalue weighted by Gasteiger charge is -2.23. The number of benzene rings is 1. The van der Waals surface area contributed by atoms with Gasteiger partial charge in [-0.3, -0.25) is 9.48 Å². The number of aryl methyl sites for hydroxylation is 2. The van der Waals surface area contributed by atoms with Crippen LogP contribution >= 0.6 is 0 Å². The predicted molar refractivity (Wildman–Crippen MR) is 95.4 cm³/mol. The Kier molecular flexibility index (Phi) is 4.44. The normalized spacial score (nSPS) is 11.5. The topological polar surface area (TPSA) is 73.0 Å². The highest BCUT2D eigenvalue weighted by atomic mass is 16.5. The van der Waals surface area contributed by atoms with Gasteiger partial charge in [-0.25, -0.2) is 0 Å². The van der Waals surface area contributed by atoms with Gasteiger partial charge in [0.2, 0.25) is 5.91 Å². The summed E-state index contributed by atoms with van der Waals surface area (Å²) in [6, 6.07) is 11.5. The van der Waals surface area contributed by atoms with Crippen molar-refractivity contribution < 1.29 is 9.32 Å². The fraction of sp³-hybridized carbons (Fsp3) is 0.316. The quantitative estimate of drug-likeness (QED) is 0.773. The first kappa shape index (κ1) is 17.0. The molecule has 6 heteroatoms. The van der Waals surface area contributed by atoms with Crippen LogP contribution in [0.4, 0.5) is 5.82 Å². The van der Waals surface area contributed by atoms with E-state index in [0.29, 0.717) is 12.4 Å². The molecule has 0 atom stereocenters. The smallest absolute Gasteiger partial charge is 0.235 e. The molecule has 25 heavy (non-hydrogen) atoms. The zero-order valence-corrected chi connectivity index (χ0v) is 14.9. The number of rotatable bonds is 5. The van der Waals surface area contributed by atoms with Crippen LogP contribution in [0.2, 0.25) is 0 Å². The van der Waals surface area contributed by atoms with Gasteiger partial charge in [-0.05, 0) is 33.3 Å². The third kappa shape index (κ3) is 3.47. The maximum absolute atomic E-state index is 12.7. The van der Waals surface area contributed by atoms with Crippen molar-refractivity contribution in [1.82, 2.24) is 14.9 Å². The van der Waals surface area contributed by atoms with Crippen LogP contribution in [0.15, 0.2) is 47.1 Å². The molecular weight excluding hydrogens is 316 g/mol. The second kappa shape index (κ2) is 6.55. The average molecular weight is 338 g/mol. The van der Waals surface area contributed by atoms with Crippen molar-refractivity contribution in [3.05, 3.63) is 65.2 Å². The molecule has 6 nitrogen and oxygen atoms in total. The van der Waals surface area contributed by atoms with Gasteiger partial charge < -0.3 is 9.84 Å². The number of amides is 1. The van der Waals surface area contributed by atoms with E-state index in [1.807, 2.05) is 64.2 Å². The Labute approximate surface area is 146 Å². The van der Waals surface area contributed by atoms with E-state index < -0.39 is 5.41 Å². The molecule has 0 bridgehead atoms.